The third-order valence-electron chi connectivity index (χ3n) is 2.27. The van der Waals surface area contributed by atoms with Gasteiger partial charge in [-0.3, -0.25) is 0 Å². The summed E-state index contributed by atoms with van der Waals surface area (Å²) in [7, 11) is 1.51. The van der Waals surface area contributed by atoms with Crippen molar-refractivity contribution in [1.29, 1.82) is 0 Å². The minimum Gasteiger partial charge on any atom is -0.503 e. The summed E-state index contributed by atoms with van der Waals surface area (Å²) in [6.45, 7) is 1.72. The fourth-order valence-electron chi connectivity index (χ4n) is 1.31. The van der Waals surface area contributed by atoms with E-state index >= 15 is 0 Å². The molecule has 0 aliphatic carbocycles. The Balaban J connectivity index is 2.19. The van der Waals surface area contributed by atoms with Gasteiger partial charge in [0.1, 0.15) is 11.9 Å². The summed E-state index contributed by atoms with van der Waals surface area (Å²) < 4.78 is 11.2. The van der Waals surface area contributed by atoms with Crippen LogP contribution in [0.5, 0.6) is 17.2 Å². The Bertz CT molecular complexity index is 366. The highest BCUT2D eigenvalue weighted by atomic mass is 79.9. The number of hydrogen-bond acceptors (Lipinski definition) is 4. The first-order valence-corrected chi connectivity index (χ1v) is 5.44. The average molecular weight is 274 g/mol. The van der Waals surface area contributed by atoms with E-state index in [-0.39, 0.29) is 11.9 Å². The molecule has 1 aromatic rings. The van der Waals surface area contributed by atoms with Crippen LogP contribution in [0, 0.1) is 0 Å². The normalized spacial score (nSPS) is 15.9. The second-order valence-corrected chi connectivity index (χ2v) is 4.21. The molecule has 0 radical (unpaired) electrons. The van der Waals surface area contributed by atoms with E-state index in [4.69, 9.17) is 9.47 Å². The third kappa shape index (κ3) is 2.18. The van der Waals surface area contributed by atoms with E-state index in [1.54, 1.807) is 12.1 Å². The first kappa shape index (κ1) is 10.6. The topological polar surface area (TPSA) is 50.7 Å². The van der Waals surface area contributed by atoms with Crippen molar-refractivity contribution in [2.45, 2.75) is 6.10 Å². The smallest absolute Gasteiger partial charge is 0.172 e. The summed E-state index contributed by atoms with van der Waals surface area (Å²) in [5.74, 6) is 1.20. The predicted octanol–water partition coefficient (Wildman–Crippen LogP) is 1.51. The van der Waals surface area contributed by atoms with Crippen LogP contribution in [0.15, 0.2) is 16.6 Å². The number of phenolic OH excluding ortho intramolecular Hbond substituents is 1. The van der Waals surface area contributed by atoms with Crippen molar-refractivity contribution in [3.05, 3.63) is 16.6 Å². The minimum atomic E-state index is 0.0941. The number of ether oxygens (including phenoxy) is 2. The third-order valence-corrected chi connectivity index (χ3v) is 2.87. The number of rotatable bonds is 3. The minimum absolute atomic E-state index is 0.0941. The highest BCUT2D eigenvalue weighted by molar-refractivity contribution is 9.10. The molecular formula is C10H12BrNO3. The average Bonchev–Trinajstić information content (AvgIpc) is 2.16. The maximum absolute atomic E-state index is 9.59. The summed E-state index contributed by atoms with van der Waals surface area (Å²) in [5.41, 5.74) is 0. The van der Waals surface area contributed by atoms with Crippen molar-refractivity contribution >= 4 is 15.9 Å². The Morgan fingerprint density at radius 1 is 1.47 bits per heavy atom. The molecule has 0 bridgehead atoms. The molecule has 5 heteroatoms. The molecule has 2 N–H and O–H groups in total. The van der Waals surface area contributed by atoms with Crippen LogP contribution in [0.4, 0.5) is 0 Å². The molecule has 0 amide bonds. The van der Waals surface area contributed by atoms with Crippen molar-refractivity contribution in [3.8, 4) is 17.2 Å². The summed E-state index contributed by atoms with van der Waals surface area (Å²) in [4.78, 5) is 0. The molecule has 0 aromatic heterocycles. The van der Waals surface area contributed by atoms with Crippen molar-refractivity contribution < 1.29 is 14.6 Å². The lowest BCUT2D eigenvalue weighted by molar-refractivity contribution is 0.141. The van der Waals surface area contributed by atoms with Crippen molar-refractivity contribution in [2.24, 2.45) is 0 Å². The largest absolute Gasteiger partial charge is 0.503 e. The van der Waals surface area contributed by atoms with Crippen molar-refractivity contribution in [2.75, 3.05) is 20.2 Å². The number of nitrogens with one attached hydrogen (secondary N) is 1. The molecular weight excluding hydrogens is 262 g/mol. The molecule has 15 heavy (non-hydrogen) atoms. The highest BCUT2D eigenvalue weighted by Gasteiger charge is 2.19. The van der Waals surface area contributed by atoms with Gasteiger partial charge in [0, 0.05) is 19.2 Å². The summed E-state index contributed by atoms with van der Waals surface area (Å²) >= 11 is 3.24. The van der Waals surface area contributed by atoms with Crippen LogP contribution in [0.25, 0.3) is 0 Å². The van der Waals surface area contributed by atoms with Gasteiger partial charge in [0.15, 0.2) is 11.5 Å². The van der Waals surface area contributed by atoms with Crippen LogP contribution in [0.1, 0.15) is 0 Å². The standard InChI is InChI=1S/C10H12BrNO3/c1-14-9-3-6(2-8(11)10(9)13)15-7-4-12-5-7/h2-3,7,12-13H,4-5H2,1H3. The predicted molar refractivity (Wildman–Crippen MR) is 59.6 cm³/mol. The number of aromatic hydroxyl groups is 1. The number of halogens is 1. The van der Waals surface area contributed by atoms with Gasteiger partial charge in [0.25, 0.3) is 0 Å². The Labute approximate surface area is 96.3 Å². The van der Waals surface area contributed by atoms with E-state index < -0.39 is 0 Å². The van der Waals surface area contributed by atoms with Crippen molar-refractivity contribution in [1.82, 2.24) is 5.32 Å². The number of hydrogen-bond donors (Lipinski definition) is 2. The molecule has 2 rings (SSSR count). The van der Waals surface area contributed by atoms with Gasteiger partial charge in [-0.05, 0) is 22.0 Å². The van der Waals surface area contributed by atoms with Gasteiger partial charge in [-0.15, -0.1) is 0 Å². The van der Waals surface area contributed by atoms with E-state index in [9.17, 15) is 5.11 Å². The van der Waals surface area contributed by atoms with Crippen LogP contribution >= 0.6 is 15.9 Å². The lowest BCUT2D eigenvalue weighted by atomic mass is 10.2. The Morgan fingerprint density at radius 3 is 2.73 bits per heavy atom. The highest BCUT2D eigenvalue weighted by Crippen LogP contribution is 2.38. The van der Waals surface area contributed by atoms with Gasteiger partial charge < -0.3 is 19.9 Å². The van der Waals surface area contributed by atoms with Crippen LogP contribution in [-0.4, -0.2) is 31.4 Å². The molecule has 82 valence electrons. The Hall–Kier alpha value is -0.940. The molecule has 1 aromatic carbocycles. The van der Waals surface area contributed by atoms with E-state index in [0.717, 1.165) is 13.1 Å². The quantitative estimate of drug-likeness (QED) is 0.877. The lowest BCUT2D eigenvalue weighted by Crippen LogP contribution is -2.50. The van der Waals surface area contributed by atoms with E-state index in [2.05, 4.69) is 21.2 Å². The molecule has 1 aliphatic rings. The molecule has 4 nitrogen and oxygen atoms in total. The lowest BCUT2D eigenvalue weighted by Gasteiger charge is -2.28. The van der Waals surface area contributed by atoms with Gasteiger partial charge in [-0.2, -0.15) is 0 Å². The van der Waals surface area contributed by atoms with Gasteiger partial charge in [-0.25, -0.2) is 0 Å². The van der Waals surface area contributed by atoms with Crippen LogP contribution in [0.3, 0.4) is 0 Å². The molecule has 0 spiro atoms. The maximum Gasteiger partial charge on any atom is 0.172 e. The molecule has 0 unspecified atom stereocenters. The van der Waals surface area contributed by atoms with Gasteiger partial charge in [0.05, 0.1) is 11.6 Å². The molecule has 1 fully saturated rings. The van der Waals surface area contributed by atoms with Gasteiger partial charge in [-0.1, -0.05) is 0 Å². The number of methoxy groups -OCH3 is 1. The molecule has 0 atom stereocenters. The van der Waals surface area contributed by atoms with E-state index in [1.165, 1.54) is 7.11 Å². The maximum atomic E-state index is 9.59. The second kappa shape index (κ2) is 4.28. The van der Waals surface area contributed by atoms with Crippen LogP contribution in [0.2, 0.25) is 0 Å². The molecule has 1 aliphatic heterocycles. The van der Waals surface area contributed by atoms with Gasteiger partial charge >= 0.3 is 0 Å². The molecule has 1 heterocycles. The Kier molecular flexibility index (Phi) is 3.02. The van der Waals surface area contributed by atoms with Crippen molar-refractivity contribution in [3.63, 3.8) is 0 Å². The monoisotopic (exact) mass is 273 g/mol. The van der Waals surface area contributed by atoms with Gasteiger partial charge in [0.2, 0.25) is 0 Å². The van der Waals surface area contributed by atoms with E-state index in [0.29, 0.717) is 16.0 Å². The first-order valence-electron chi connectivity index (χ1n) is 4.64. The fraction of sp³-hybridized carbons (Fsp3) is 0.400. The number of phenols is 1. The Morgan fingerprint density at radius 2 is 2.20 bits per heavy atom. The zero-order valence-corrected chi connectivity index (χ0v) is 9.87. The fourth-order valence-corrected chi connectivity index (χ4v) is 1.73. The number of benzene rings is 1. The molecule has 1 saturated heterocycles. The SMILES string of the molecule is COc1cc(OC2CNC2)cc(Br)c1O. The summed E-state index contributed by atoms with van der Waals surface area (Å²) in [6, 6.07) is 3.41. The molecule has 0 saturated carbocycles. The van der Waals surface area contributed by atoms with E-state index in [1.807, 2.05) is 0 Å². The summed E-state index contributed by atoms with van der Waals surface area (Å²) in [6.07, 6.45) is 0.214. The second-order valence-electron chi connectivity index (χ2n) is 3.35. The zero-order valence-electron chi connectivity index (χ0n) is 8.29. The zero-order chi connectivity index (χ0) is 10.8. The van der Waals surface area contributed by atoms with Crippen LogP contribution < -0.4 is 14.8 Å². The first-order chi connectivity index (χ1) is 7.20. The summed E-state index contributed by atoms with van der Waals surface area (Å²) in [5, 5.41) is 12.7. The van der Waals surface area contributed by atoms with Crippen LogP contribution in [-0.2, 0) is 0 Å².